The van der Waals surface area contributed by atoms with Crippen LogP contribution in [0.15, 0.2) is 0 Å². The molecular weight excluding hydrogens is 1700 g/mol. The predicted molar refractivity (Wildman–Crippen MR) is 481 cm³/mol. The number of rotatable bonds is 30. The highest BCUT2D eigenvalue weighted by atomic mass is 16.6. The van der Waals surface area contributed by atoms with E-state index in [1.165, 1.54) is 65.6 Å². The Morgan fingerprint density at radius 2 is 0.629 bits per heavy atom. The number of esters is 12. The van der Waals surface area contributed by atoms with E-state index in [-0.39, 0.29) is 120 Å². The van der Waals surface area contributed by atoms with E-state index < -0.39 is 129 Å². The largest absolute Gasteiger partial charge is 0.481 e. The van der Waals surface area contributed by atoms with Crippen LogP contribution in [0.3, 0.4) is 0 Å². The van der Waals surface area contributed by atoms with E-state index in [0.29, 0.717) is 76.0 Å². The summed E-state index contributed by atoms with van der Waals surface area (Å²) in [5.74, 6) is 0.169. The van der Waals surface area contributed by atoms with Gasteiger partial charge in [0, 0.05) is 35.5 Å². The molecule has 16 rings (SSSR count). The number of methoxy groups -OCH3 is 2. The quantitative estimate of drug-likeness (QED) is 0.0292. The topological polar surface area (TPSA) is 390 Å². The van der Waals surface area contributed by atoms with Crippen LogP contribution >= 0.6 is 0 Å². The van der Waals surface area contributed by atoms with Gasteiger partial charge >= 0.3 is 83.6 Å². The predicted octanol–water partition coefficient (Wildman–Crippen LogP) is 17.1. The van der Waals surface area contributed by atoms with Gasteiger partial charge in [0.25, 0.3) is 0 Å². The third-order valence-corrected chi connectivity index (χ3v) is 36.6. The molecule has 0 aromatic heterocycles. The van der Waals surface area contributed by atoms with Crippen LogP contribution < -0.4 is 0 Å². The van der Waals surface area contributed by atoms with Crippen molar-refractivity contribution in [3.63, 3.8) is 0 Å². The molecule has 14 aliphatic carbocycles. The standard InChI is InChI=1S/2C20H32O2.2C16H22O6.2C16H26O6/c2*1-5-19(3,4)18(21)22-20(6-2)11-14-10-15(20)17-13-8-7-12(9-13)16(14)17;2*1-5-16(2,3)15(19)22-12-7-6-8-10(9(7)13(17)20-4)14(18)21-11(8)12;2*1-4-16(2,3)15(20)22-10-9-21-14(19)12-8-6-5-7-11(12)13(17)18/h2*12-17H,5-11H2,1-4H3;2*7-12H,5-6H2,1-4H3;2*11-12H,4-10H2,1-3H3,(H,17,18). The molecule has 28 nitrogen and oxygen atoms in total. The maximum Gasteiger partial charge on any atom is 0.312 e. The van der Waals surface area contributed by atoms with Gasteiger partial charge in [-0.15, -0.1) is 0 Å². The van der Waals surface area contributed by atoms with Crippen molar-refractivity contribution in [2.45, 2.75) is 354 Å². The van der Waals surface area contributed by atoms with Gasteiger partial charge in [-0.25, -0.2) is 0 Å². The average Bonchev–Trinajstić information content (AvgIpc) is 1.56. The fourth-order valence-electron chi connectivity index (χ4n) is 26.4. The molecule has 744 valence electrons. The van der Waals surface area contributed by atoms with Crippen LogP contribution in [-0.4, -0.2) is 170 Å². The Labute approximate surface area is 782 Å². The smallest absolute Gasteiger partial charge is 0.312 e. The maximum absolute atomic E-state index is 12.7. The Hall–Kier alpha value is -7.42. The monoisotopic (exact) mass is 1860 g/mol. The number of aliphatic carboxylic acids is 2. The van der Waals surface area contributed by atoms with Gasteiger partial charge in [0.15, 0.2) is 0 Å². The van der Waals surface area contributed by atoms with Crippen LogP contribution in [0.4, 0.5) is 0 Å². The number of carbonyl (C=O) groups is 14. The van der Waals surface area contributed by atoms with Gasteiger partial charge in [0.1, 0.15) is 62.0 Å². The molecular formula is C104H160O28. The lowest BCUT2D eigenvalue weighted by Gasteiger charge is -2.46. The summed E-state index contributed by atoms with van der Waals surface area (Å²) in [5, 5.41) is 18.3. The first-order valence-corrected chi connectivity index (χ1v) is 50.6. The molecule has 30 atom stereocenters. The van der Waals surface area contributed by atoms with E-state index in [1.807, 2.05) is 83.1 Å². The highest BCUT2D eigenvalue weighted by Crippen LogP contribution is 2.73. The Bertz CT molecular complexity index is 3930. The van der Waals surface area contributed by atoms with Crippen molar-refractivity contribution in [1.82, 2.24) is 0 Å². The number of hydrogen-bond acceptors (Lipinski definition) is 26. The maximum atomic E-state index is 12.7. The van der Waals surface area contributed by atoms with E-state index in [9.17, 15) is 67.1 Å². The molecule has 2 saturated heterocycles. The number of carbonyl (C=O) groups excluding carboxylic acids is 12. The summed E-state index contributed by atoms with van der Waals surface area (Å²) in [4.78, 5) is 168. The van der Waals surface area contributed by atoms with Crippen molar-refractivity contribution in [2.24, 2.45) is 175 Å². The molecule has 132 heavy (non-hydrogen) atoms. The highest BCUT2D eigenvalue weighted by Gasteiger charge is 2.74. The van der Waals surface area contributed by atoms with Gasteiger partial charge in [0.2, 0.25) is 0 Å². The summed E-state index contributed by atoms with van der Waals surface area (Å²) in [6.45, 7) is 38.8. The molecule has 0 radical (unpaired) electrons. The highest BCUT2D eigenvalue weighted by molar-refractivity contribution is 5.88. The molecule has 30 unspecified atom stereocenters. The summed E-state index contributed by atoms with van der Waals surface area (Å²) in [6, 6.07) is 0. The molecule has 0 aromatic rings. The fraction of sp³-hybridized carbons (Fsp3) is 0.865. The second kappa shape index (κ2) is 41.9. The van der Waals surface area contributed by atoms with Gasteiger partial charge in [-0.3, -0.25) is 67.1 Å². The Kier molecular flexibility index (Phi) is 33.3. The fourth-order valence-corrected chi connectivity index (χ4v) is 26.4. The van der Waals surface area contributed by atoms with Crippen molar-refractivity contribution in [3.8, 4) is 0 Å². The third-order valence-electron chi connectivity index (χ3n) is 36.6. The molecule has 0 aromatic carbocycles. The lowest BCUT2D eigenvalue weighted by Crippen LogP contribution is -2.49. The normalized spacial score (nSPS) is 36.5. The molecule has 0 amide bonds. The van der Waals surface area contributed by atoms with E-state index >= 15 is 0 Å². The van der Waals surface area contributed by atoms with E-state index in [4.69, 9.17) is 67.1 Å². The minimum Gasteiger partial charge on any atom is -0.481 e. The zero-order chi connectivity index (χ0) is 97.4. The first-order valence-electron chi connectivity index (χ1n) is 50.6. The van der Waals surface area contributed by atoms with Crippen molar-refractivity contribution < 1.29 is 134 Å². The Balaban J connectivity index is 0.000000153. The van der Waals surface area contributed by atoms with Crippen LogP contribution in [0.2, 0.25) is 0 Å². The van der Waals surface area contributed by atoms with E-state index in [0.717, 1.165) is 123 Å². The van der Waals surface area contributed by atoms with Crippen LogP contribution in [0, 0.1) is 175 Å². The summed E-state index contributed by atoms with van der Waals surface area (Å²) in [5.41, 5.74) is -3.21. The molecule has 2 aliphatic heterocycles. The van der Waals surface area contributed by atoms with E-state index in [1.54, 1.807) is 27.7 Å². The third kappa shape index (κ3) is 20.9. The molecule has 28 heteroatoms. The Morgan fingerprint density at radius 3 is 0.924 bits per heavy atom. The molecule has 0 spiro atoms. The second-order valence-corrected chi connectivity index (χ2v) is 45.7. The summed E-state index contributed by atoms with van der Waals surface area (Å²) < 4.78 is 64.8. The van der Waals surface area contributed by atoms with Crippen molar-refractivity contribution >= 4 is 83.6 Å². The first kappa shape index (κ1) is 105. The summed E-state index contributed by atoms with van der Waals surface area (Å²) in [6.07, 6.45) is 25.1. The average molecular weight is 1860 g/mol. The molecule has 16 fully saturated rings. The zero-order valence-corrected chi connectivity index (χ0v) is 83.3. The molecule has 12 bridgehead atoms. The lowest BCUT2D eigenvalue weighted by atomic mass is 9.65. The zero-order valence-electron chi connectivity index (χ0n) is 83.3. The van der Waals surface area contributed by atoms with Gasteiger partial charge in [0.05, 0.1) is 94.1 Å². The summed E-state index contributed by atoms with van der Waals surface area (Å²) >= 11 is 0. The number of carboxylic acid groups (broad SMARTS) is 2. The number of carboxylic acids is 2. The molecule has 14 saturated carbocycles. The van der Waals surface area contributed by atoms with Crippen molar-refractivity contribution in [3.05, 3.63) is 0 Å². The Morgan fingerprint density at radius 1 is 0.341 bits per heavy atom. The van der Waals surface area contributed by atoms with Gasteiger partial charge in [-0.1, -0.05) is 81.1 Å². The van der Waals surface area contributed by atoms with Gasteiger partial charge in [-0.05, 0) is 296 Å². The van der Waals surface area contributed by atoms with Crippen LogP contribution in [0.5, 0.6) is 0 Å². The molecule has 2 heterocycles. The molecule has 2 N–H and O–H groups in total. The molecule has 16 aliphatic rings. The van der Waals surface area contributed by atoms with E-state index in [2.05, 4.69) is 27.7 Å². The van der Waals surface area contributed by atoms with Gasteiger partial charge in [-0.2, -0.15) is 0 Å². The minimum absolute atomic E-state index is 0.00153. The second-order valence-electron chi connectivity index (χ2n) is 45.7. The lowest BCUT2D eigenvalue weighted by molar-refractivity contribution is -0.184. The van der Waals surface area contributed by atoms with Crippen LogP contribution in [-0.2, 0) is 124 Å². The summed E-state index contributed by atoms with van der Waals surface area (Å²) in [7, 11) is 2.63. The van der Waals surface area contributed by atoms with Crippen LogP contribution in [0.25, 0.3) is 0 Å². The number of ether oxygens (including phenoxy) is 12. The SMILES string of the molecule is CCC(C)(C)C(=O)OC1(CC)CC2CC1C1C3CCC(C3)C21.CCC(C)(C)C(=O)OC1(CC)CC2CC1C1C3CCC(C3)C21.CCC(C)(C)C(=O)OC1C2CC3C1OC(=O)C3C2C(=O)OC.CCC(C)(C)C(=O)OC1C2CC3C1OC(=O)C3C2C(=O)OC.CCC(C)(C)C(=O)OCCOC(=O)C1CCCCC1C(=O)O.CCC(C)(C)C(=O)OCCOC(=O)C1CCCCC1C(=O)O. The van der Waals surface area contributed by atoms with Crippen molar-refractivity contribution in [2.75, 3.05) is 40.6 Å². The van der Waals surface area contributed by atoms with Crippen LogP contribution in [0.1, 0.15) is 318 Å². The van der Waals surface area contributed by atoms with Gasteiger partial charge < -0.3 is 67.1 Å². The number of fused-ring (bicyclic) bond motifs is 20. The minimum atomic E-state index is -0.947. The van der Waals surface area contributed by atoms with Crippen molar-refractivity contribution in [1.29, 1.82) is 0 Å². The number of hydrogen-bond donors (Lipinski definition) is 2. The first-order chi connectivity index (χ1) is 62.0.